The number of fused-ring (bicyclic) bond motifs is 11. The Labute approximate surface area is 296 Å². The Morgan fingerprint density at radius 1 is 0.392 bits per heavy atom. The van der Waals surface area contributed by atoms with Crippen LogP contribution in [0.2, 0.25) is 0 Å². The van der Waals surface area contributed by atoms with E-state index in [4.69, 9.17) is 4.74 Å². The lowest BCUT2D eigenvalue weighted by Crippen LogP contribution is -2.37. The third-order valence-corrected chi connectivity index (χ3v) is 11.0. The maximum absolute atomic E-state index is 7.13. The Hall–Kier alpha value is -6.64. The van der Waals surface area contributed by atoms with Gasteiger partial charge in [0.2, 0.25) is 0 Å². The number of hydrogen-bond acceptors (Lipinski definition) is 1. The van der Waals surface area contributed by atoms with Crippen molar-refractivity contribution in [2.75, 3.05) is 0 Å². The maximum Gasteiger partial charge on any atom is 0.140 e. The van der Waals surface area contributed by atoms with Crippen LogP contribution in [-0.4, -0.2) is 4.57 Å². The van der Waals surface area contributed by atoms with Crippen LogP contribution in [0.15, 0.2) is 188 Å². The number of para-hydroxylation sites is 5. The van der Waals surface area contributed by atoms with Crippen LogP contribution >= 0.6 is 0 Å². The van der Waals surface area contributed by atoms with Gasteiger partial charge in [0, 0.05) is 27.5 Å². The minimum atomic E-state index is -0.611. The molecule has 0 aliphatic carbocycles. The fraction of sp³-hybridized carbons (Fsp3) is 0.0204. The van der Waals surface area contributed by atoms with E-state index in [0.717, 1.165) is 33.8 Å². The molecule has 2 nitrogen and oxygen atoms in total. The molecule has 0 bridgehead atoms. The number of nitrogens with zero attached hydrogens (tertiary/aromatic N) is 1. The molecule has 1 aromatic heterocycles. The van der Waals surface area contributed by atoms with Crippen molar-refractivity contribution in [2.24, 2.45) is 0 Å². The summed E-state index contributed by atoms with van der Waals surface area (Å²) in [7, 11) is 0. The highest BCUT2D eigenvalue weighted by atomic mass is 16.5. The first-order valence-electron chi connectivity index (χ1n) is 17.6. The highest BCUT2D eigenvalue weighted by Crippen LogP contribution is 2.61. The van der Waals surface area contributed by atoms with Gasteiger partial charge in [-0.05, 0) is 75.3 Å². The predicted molar refractivity (Wildman–Crippen MR) is 209 cm³/mol. The zero-order valence-corrected chi connectivity index (χ0v) is 27.8. The van der Waals surface area contributed by atoms with Gasteiger partial charge in [-0.2, -0.15) is 0 Å². The monoisotopic (exact) mass is 649 g/mol. The summed E-state index contributed by atoms with van der Waals surface area (Å²) >= 11 is 0. The second-order valence-corrected chi connectivity index (χ2v) is 13.6. The smallest absolute Gasteiger partial charge is 0.140 e. The summed E-state index contributed by atoms with van der Waals surface area (Å²) in [6, 6.07) is 68.3. The number of rotatable bonds is 3. The second-order valence-electron chi connectivity index (χ2n) is 13.6. The number of ether oxygens (including phenoxy) is 1. The summed E-state index contributed by atoms with van der Waals surface area (Å²) in [6.45, 7) is 0. The van der Waals surface area contributed by atoms with Crippen molar-refractivity contribution in [3.05, 3.63) is 210 Å². The lowest BCUT2D eigenvalue weighted by Gasteiger charge is -2.45. The Bertz CT molecular complexity index is 2770. The molecule has 1 spiro atoms. The molecule has 1 atom stereocenters. The van der Waals surface area contributed by atoms with Crippen molar-refractivity contribution in [2.45, 2.75) is 5.41 Å². The van der Waals surface area contributed by atoms with E-state index in [1.165, 1.54) is 60.9 Å². The summed E-state index contributed by atoms with van der Waals surface area (Å²) in [4.78, 5) is 0. The maximum atomic E-state index is 7.13. The van der Waals surface area contributed by atoms with Crippen molar-refractivity contribution in [1.82, 2.24) is 4.57 Å². The van der Waals surface area contributed by atoms with Gasteiger partial charge in [-0.3, -0.25) is 0 Å². The van der Waals surface area contributed by atoms with Crippen LogP contribution < -0.4 is 4.74 Å². The summed E-state index contributed by atoms with van der Waals surface area (Å²) in [6.07, 6.45) is 0. The normalized spacial score (nSPS) is 15.3. The average Bonchev–Trinajstić information content (AvgIpc) is 3.55. The third-order valence-electron chi connectivity index (χ3n) is 11.0. The standard InChI is InChI=1S/C49H31NO/c1-3-15-32(16-4-1)34-29-35(33-17-5-2-6-18-33)31-36(30-34)37-20-13-25-43-48(37)51-46-28-12-9-23-41(46)49(43)40-22-8-11-27-45(40)50-44-26-10-7-19-38(44)39-21-14-24-42(49)47(39)50/h1-31H/t49-/m1/s1. The van der Waals surface area contributed by atoms with Crippen molar-refractivity contribution < 1.29 is 4.74 Å². The van der Waals surface area contributed by atoms with Gasteiger partial charge < -0.3 is 9.30 Å². The molecule has 0 unspecified atom stereocenters. The summed E-state index contributed by atoms with van der Waals surface area (Å²) in [5, 5.41) is 2.53. The first kappa shape index (κ1) is 28.2. The molecule has 238 valence electrons. The minimum Gasteiger partial charge on any atom is -0.456 e. The highest BCUT2D eigenvalue weighted by molar-refractivity contribution is 6.12. The lowest BCUT2D eigenvalue weighted by atomic mass is 9.61. The van der Waals surface area contributed by atoms with Gasteiger partial charge >= 0.3 is 0 Å². The van der Waals surface area contributed by atoms with E-state index in [9.17, 15) is 0 Å². The topological polar surface area (TPSA) is 14.2 Å². The fourth-order valence-electron chi connectivity index (χ4n) is 8.95. The molecule has 2 aliphatic heterocycles. The quantitative estimate of drug-likeness (QED) is 0.186. The zero-order valence-electron chi connectivity index (χ0n) is 27.8. The van der Waals surface area contributed by atoms with Crippen LogP contribution in [0.5, 0.6) is 11.5 Å². The fourth-order valence-corrected chi connectivity index (χ4v) is 8.95. The van der Waals surface area contributed by atoms with Crippen LogP contribution in [-0.2, 0) is 5.41 Å². The zero-order chi connectivity index (χ0) is 33.5. The van der Waals surface area contributed by atoms with Crippen LogP contribution in [0, 0.1) is 0 Å². The van der Waals surface area contributed by atoms with Crippen molar-refractivity contribution in [3.8, 4) is 50.6 Å². The van der Waals surface area contributed by atoms with Crippen molar-refractivity contribution in [1.29, 1.82) is 0 Å². The first-order valence-corrected chi connectivity index (χ1v) is 17.6. The predicted octanol–water partition coefficient (Wildman–Crippen LogP) is 12.6. The molecule has 9 aromatic rings. The van der Waals surface area contributed by atoms with Gasteiger partial charge in [-0.25, -0.2) is 0 Å². The lowest BCUT2D eigenvalue weighted by molar-refractivity contribution is 0.435. The molecule has 11 rings (SSSR count). The molecule has 0 saturated carbocycles. The molecule has 0 radical (unpaired) electrons. The van der Waals surface area contributed by atoms with Gasteiger partial charge in [-0.1, -0.05) is 152 Å². The Kier molecular flexibility index (Phi) is 5.91. The van der Waals surface area contributed by atoms with Gasteiger partial charge in [-0.15, -0.1) is 0 Å². The van der Waals surface area contributed by atoms with E-state index >= 15 is 0 Å². The molecule has 51 heavy (non-hydrogen) atoms. The summed E-state index contributed by atoms with van der Waals surface area (Å²) in [5.41, 5.74) is 14.8. The van der Waals surface area contributed by atoms with E-state index in [2.05, 4.69) is 193 Å². The molecule has 0 saturated heterocycles. The number of hydrogen-bond donors (Lipinski definition) is 0. The molecule has 2 aliphatic rings. The molecule has 0 N–H and O–H groups in total. The van der Waals surface area contributed by atoms with E-state index in [0.29, 0.717) is 0 Å². The van der Waals surface area contributed by atoms with Gasteiger partial charge in [0.05, 0.1) is 22.1 Å². The van der Waals surface area contributed by atoms with Gasteiger partial charge in [0.25, 0.3) is 0 Å². The van der Waals surface area contributed by atoms with Crippen LogP contribution in [0.1, 0.15) is 22.3 Å². The average molecular weight is 650 g/mol. The van der Waals surface area contributed by atoms with Crippen LogP contribution in [0.4, 0.5) is 0 Å². The Balaban J connectivity index is 1.26. The largest absolute Gasteiger partial charge is 0.456 e. The highest BCUT2D eigenvalue weighted by Gasteiger charge is 2.50. The molecule has 0 amide bonds. The van der Waals surface area contributed by atoms with Gasteiger partial charge in [0.15, 0.2) is 0 Å². The van der Waals surface area contributed by atoms with Crippen LogP contribution in [0.25, 0.3) is 60.9 Å². The van der Waals surface area contributed by atoms with Crippen LogP contribution in [0.3, 0.4) is 0 Å². The first-order chi connectivity index (χ1) is 25.3. The number of benzene rings is 8. The van der Waals surface area contributed by atoms with E-state index in [-0.39, 0.29) is 0 Å². The second kappa shape index (κ2) is 10.7. The van der Waals surface area contributed by atoms with E-state index < -0.39 is 5.41 Å². The Morgan fingerprint density at radius 3 is 1.75 bits per heavy atom. The molecule has 2 heteroatoms. The Morgan fingerprint density at radius 2 is 0.961 bits per heavy atom. The number of aromatic nitrogens is 1. The van der Waals surface area contributed by atoms with Crippen molar-refractivity contribution in [3.63, 3.8) is 0 Å². The molecule has 8 aromatic carbocycles. The van der Waals surface area contributed by atoms with Crippen molar-refractivity contribution >= 4 is 21.8 Å². The van der Waals surface area contributed by atoms with Gasteiger partial charge in [0.1, 0.15) is 11.5 Å². The van der Waals surface area contributed by atoms with E-state index in [1.807, 2.05) is 0 Å². The summed E-state index contributed by atoms with van der Waals surface area (Å²) < 4.78 is 9.62. The summed E-state index contributed by atoms with van der Waals surface area (Å²) in [5.74, 6) is 1.79. The third kappa shape index (κ3) is 3.87. The SMILES string of the molecule is c1ccc(-c2cc(-c3ccccc3)cc(-c3cccc4c3Oc3ccccc3[C@@]43c4ccccc4-n4c5ccccc5c5cccc3c54)c2)cc1. The molecule has 0 fully saturated rings. The van der Waals surface area contributed by atoms with E-state index in [1.54, 1.807) is 0 Å². The minimum absolute atomic E-state index is 0.611. The molecular formula is C49H31NO. The molecular weight excluding hydrogens is 619 g/mol. The molecule has 3 heterocycles.